The Balaban J connectivity index is 1.84. The van der Waals surface area contributed by atoms with E-state index in [1.54, 1.807) is 0 Å². The summed E-state index contributed by atoms with van der Waals surface area (Å²) in [5.74, 6) is 0.0491. The fraction of sp³-hybridized carbons (Fsp3) is 0.542. The zero-order chi connectivity index (χ0) is 20.7. The van der Waals surface area contributed by atoms with Crippen molar-refractivity contribution >= 4 is 5.91 Å². The maximum Gasteiger partial charge on any atom is 0.255 e. The van der Waals surface area contributed by atoms with E-state index in [4.69, 9.17) is 0 Å². The van der Waals surface area contributed by atoms with Gasteiger partial charge in [0.2, 0.25) is 0 Å². The number of carbonyl (C=O) groups is 1. The zero-order valence-corrected chi connectivity index (χ0v) is 17.8. The van der Waals surface area contributed by atoms with Gasteiger partial charge >= 0.3 is 0 Å². The molecule has 0 aromatic rings. The number of nitrogens with one attached hydrogen (secondary N) is 2. The molecule has 1 saturated heterocycles. The summed E-state index contributed by atoms with van der Waals surface area (Å²) < 4.78 is 0. The molecule has 2 heterocycles. The highest BCUT2D eigenvalue weighted by Crippen LogP contribution is 2.30. The molecule has 0 radical (unpaired) electrons. The number of amides is 1. The lowest BCUT2D eigenvalue weighted by atomic mass is 9.85. The van der Waals surface area contributed by atoms with Crippen molar-refractivity contribution in [2.75, 3.05) is 26.2 Å². The van der Waals surface area contributed by atoms with Gasteiger partial charge in [0.15, 0.2) is 0 Å². The quantitative estimate of drug-likeness (QED) is 0.645. The molecule has 3 N–H and O–H groups in total. The molecule has 1 fully saturated rings. The van der Waals surface area contributed by atoms with Crippen molar-refractivity contribution < 1.29 is 9.90 Å². The second kappa shape index (κ2) is 10.1. The molecule has 3 aliphatic rings. The Morgan fingerprint density at radius 1 is 1.21 bits per heavy atom. The first-order valence-electron chi connectivity index (χ1n) is 11.0. The first kappa shape index (κ1) is 21.6. The van der Waals surface area contributed by atoms with Crippen molar-refractivity contribution in [1.82, 2.24) is 15.5 Å². The van der Waals surface area contributed by atoms with E-state index in [1.807, 2.05) is 37.1 Å². The van der Waals surface area contributed by atoms with Crippen LogP contribution >= 0.6 is 0 Å². The second-order valence-corrected chi connectivity index (χ2v) is 8.03. The molecule has 158 valence electrons. The second-order valence-electron chi connectivity index (χ2n) is 8.03. The average molecular weight is 398 g/mol. The van der Waals surface area contributed by atoms with Crippen molar-refractivity contribution in [2.24, 2.45) is 0 Å². The Morgan fingerprint density at radius 3 is 2.69 bits per heavy atom. The normalized spacial score (nSPS) is 27.6. The Morgan fingerprint density at radius 2 is 2.03 bits per heavy atom. The number of nitrogens with zero attached hydrogens (tertiary/aromatic N) is 1. The van der Waals surface area contributed by atoms with Crippen molar-refractivity contribution in [2.45, 2.75) is 57.6 Å². The van der Waals surface area contributed by atoms with E-state index in [2.05, 4.69) is 34.9 Å². The number of likely N-dealkylation sites (N-methyl/N-ethyl adjacent to an activating group) is 1. The third-order valence-corrected chi connectivity index (χ3v) is 5.97. The largest absolute Gasteiger partial charge is 0.386 e. The minimum atomic E-state index is -0.804. The van der Waals surface area contributed by atoms with Gasteiger partial charge in [0.1, 0.15) is 0 Å². The lowest BCUT2D eigenvalue weighted by molar-refractivity contribution is -0.126. The molecule has 0 spiro atoms. The van der Waals surface area contributed by atoms with Crippen LogP contribution < -0.4 is 10.6 Å². The molecular weight excluding hydrogens is 362 g/mol. The van der Waals surface area contributed by atoms with Gasteiger partial charge in [-0.3, -0.25) is 4.79 Å². The summed E-state index contributed by atoms with van der Waals surface area (Å²) in [7, 11) is 0. The predicted octanol–water partition coefficient (Wildman–Crippen LogP) is 2.97. The number of hydrogen-bond acceptors (Lipinski definition) is 4. The van der Waals surface area contributed by atoms with Crippen LogP contribution in [0.15, 0.2) is 59.4 Å². The van der Waals surface area contributed by atoms with Crippen LogP contribution in [0.25, 0.3) is 0 Å². The first-order chi connectivity index (χ1) is 14.1. The van der Waals surface area contributed by atoms with Crippen LogP contribution in [-0.2, 0) is 4.79 Å². The van der Waals surface area contributed by atoms with Crippen LogP contribution in [-0.4, -0.2) is 53.7 Å². The highest BCUT2D eigenvalue weighted by molar-refractivity contribution is 5.96. The van der Waals surface area contributed by atoms with Crippen molar-refractivity contribution in [1.29, 1.82) is 0 Å². The number of carbonyl (C=O) groups excluding carboxylic acids is 1. The van der Waals surface area contributed by atoms with Crippen LogP contribution in [0.2, 0.25) is 0 Å². The summed E-state index contributed by atoms with van der Waals surface area (Å²) in [5, 5.41) is 18.0. The van der Waals surface area contributed by atoms with E-state index in [1.165, 1.54) is 0 Å². The summed E-state index contributed by atoms with van der Waals surface area (Å²) in [6.45, 7) is 7.17. The number of allylic oxidation sites excluding steroid dienone is 3. The van der Waals surface area contributed by atoms with E-state index in [0.29, 0.717) is 25.1 Å². The molecule has 2 aliphatic heterocycles. The van der Waals surface area contributed by atoms with Gasteiger partial charge in [0.25, 0.3) is 5.91 Å². The van der Waals surface area contributed by atoms with Gasteiger partial charge in [-0.05, 0) is 82.3 Å². The minimum absolute atomic E-state index is 0.0491. The van der Waals surface area contributed by atoms with E-state index in [9.17, 15) is 9.90 Å². The molecule has 0 aromatic carbocycles. The molecular formula is C24H35N3O2. The molecule has 5 heteroatoms. The van der Waals surface area contributed by atoms with Crippen LogP contribution in [0.3, 0.4) is 0 Å². The summed E-state index contributed by atoms with van der Waals surface area (Å²) in [6.07, 6.45) is 19.0. The fourth-order valence-corrected chi connectivity index (χ4v) is 4.19. The van der Waals surface area contributed by atoms with E-state index in [0.717, 1.165) is 49.9 Å². The Labute approximate surface area is 174 Å². The van der Waals surface area contributed by atoms with Gasteiger partial charge in [-0.1, -0.05) is 24.3 Å². The van der Waals surface area contributed by atoms with Crippen molar-refractivity contribution in [3.05, 3.63) is 59.4 Å². The monoisotopic (exact) mass is 397 g/mol. The molecule has 1 amide bonds. The minimum Gasteiger partial charge on any atom is -0.386 e. The van der Waals surface area contributed by atoms with Gasteiger partial charge in [-0.25, -0.2) is 0 Å². The Bertz CT molecular complexity index is 733. The molecule has 29 heavy (non-hydrogen) atoms. The molecule has 2 atom stereocenters. The third kappa shape index (κ3) is 5.49. The van der Waals surface area contributed by atoms with Crippen molar-refractivity contribution in [3.8, 4) is 0 Å². The van der Waals surface area contributed by atoms with Crippen LogP contribution in [0.4, 0.5) is 0 Å². The van der Waals surface area contributed by atoms with Crippen LogP contribution in [0.5, 0.6) is 0 Å². The maximum atomic E-state index is 12.6. The van der Waals surface area contributed by atoms with Gasteiger partial charge in [-0.15, -0.1) is 0 Å². The number of aliphatic hydroxyl groups is 1. The third-order valence-electron chi connectivity index (χ3n) is 5.97. The molecule has 5 nitrogen and oxygen atoms in total. The highest BCUT2D eigenvalue weighted by atomic mass is 16.3. The molecule has 0 saturated carbocycles. The van der Waals surface area contributed by atoms with Crippen molar-refractivity contribution in [3.63, 3.8) is 0 Å². The lowest BCUT2D eigenvalue weighted by Crippen LogP contribution is -2.36. The summed E-state index contributed by atoms with van der Waals surface area (Å²) in [4.78, 5) is 14.4. The molecule has 2 unspecified atom stereocenters. The fourth-order valence-electron chi connectivity index (χ4n) is 4.19. The predicted molar refractivity (Wildman–Crippen MR) is 118 cm³/mol. The molecule has 1 aliphatic carbocycles. The SMILES string of the molecule is CCN(CC)C(=O)C1=CNC(/C(=C/C2(O)CCCNCC2)C2=CCCC=C2)C=C1. The highest BCUT2D eigenvalue weighted by Gasteiger charge is 2.29. The molecule has 0 aromatic heterocycles. The van der Waals surface area contributed by atoms with Gasteiger partial charge in [-0.2, -0.15) is 0 Å². The smallest absolute Gasteiger partial charge is 0.255 e. The Hall–Kier alpha value is -2.11. The number of dihydropyridines is 1. The summed E-state index contributed by atoms with van der Waals surface area (Å²) >= 11 is 0. The number of hydrogen-bond donors (Lipinski definition) is 3. The molecule has 0 bridgehead atoms. The summed E-state index contributed by atoms with van der Waals surface area (Å²) in [5.41, 5.74) is 2.12. The first-order valence-corrected chi connectivity index (χ1v) is 11.0. The van der Waals surface area contributed by atoms with E-state index in [-0.39, 0.29) is 11.9 Å². The maximum absolute atomic E-state index is 12.6. The van der Waals surface area contributed by atoms with E-state index >= 15 is 0 Å². The summed E-state index contributed by atoms with van der Waals surface area (Å²) in [6, 6.07) is -0.0579. The average Bonchev–Trinajstić information content (AvgIpc) is 2.98. The van der Waals surface area contributed by atoms with Crippen LogP contribution in [0.1, 0.15) is 46.0 Å². The topological polar surface area (TPSA) is 64.6 Å². The van der Waals surface area contributed by atoms with Gasteiger partial charge < -0.3 is 20.6 Å². The Kier molecular flexibility index (Phi) is 7.51. The van der Waals surface area contributed by atoms with Crippen LogP contribution in [0, 0.1) is 0 Å². The van der Waals surface area contributed by atoms with Gasteiger partial charge in [0.05, 0.1) is 17.2 Å². The standard InChI is InChI=1S/C24H35N3O2/c1-3-27(4-2)23(28)20-11-12-22(26-18-20)21(19-9-6-5-7-10-19)17-24(29)13-8-15-25-16-14-24/h6,9-12,17-18,22,25-26,29H,3-5,7-8,13-16H2,1-2H3/b21-17+. The zero-order valence-electron chi connectivity index (χ0n) is 17.8. The molecule has 3 rings (SSSR count). The lowest BCUT2D eigenvalue weighted by Gasteiger charge is -2.29. The number of rotatable bonds is 6. The van der Waals surface area contributed by atoms with E-state index < -0.39 is 5.60 Å². The van der Waals surface area contributed by atoms with Gasteiger partial charge in [0, 0.05) is 19.3 Å².